The number of anilines is 1. The summed E-state index contributed by atoms with van der Waals surface area (Å²) >= 11 is 0. The average molecular weight is 765 g/mol. The standard InChI is InChI=1S/C34H30F6N6O8/c1-18(47)32(29(52)53,45(24-6-4-3-5-7-24)27(50)25(41)15-26(48)49)46-28(51)31(2,21-10-8-19(9-11-21)16-43-42)44(30(46)54)17-20-12-22(33(35,36)37)14-23(13-20)34(38,39)40/h3-14,16,25H,15,17,41-42H2,1-2H3,(H,48,49)(H,52,53)/t25-,31+,32-/m0/s1. The number of nitrogens with zero attached hydrogens (tertiary/aromatic N) is 4. The first-order valence-electron chi connectivity index (χ1n) is 15.4. The number of rotatable bonds is 12. The molecule has 0 spiro atoms. The zero-order valence-corrected chi connectivity index (χ0v) is 28.1. The van der Waals surface area contributed by atoms with E-state index in [-0.39, 0.29) is 33.6 Å². The van der Waals surface area contributed by atoms with Gasteiger partial charge >= 0.3 is 30.3 Å². The Labute approximate surface area is 301 Å². The zero-order valence-electron chi connectivity index (χ0n) is 28.1. The summed E-state index contributed by atoms with van der Waals surface area (Å²) in [5, 5.41) is 23.6. The van der Waals surface area contributed by atoms with Crippen LogP contribution in [0, 0.1) is 0 Å². The molecule has 0 unspecified atom stereocenters. The van der Waals surface area contributed by atoms with Gasteiger partial charge in [-0.15, -0.1) is 0 Å². The smallest absolute Gasteiger partial charge is 0.416 e. The topological polar surface area (TPSA) is 217 Å². The van der Waals surface area contributed by atoms with Gasteiger partial charge in [0.2, 0.25) is 5.91 Å². The van der Waals surface area contributed by atoms with Crippen molar-refractivity contribution in [3.63, 3.8) is 0 Å². The lowest BCUT2D eigenvalue weighted by atomic mass is 9.88. The fourth-order valence-corrected chi connectivity index (χ4v) is 6.04. The number of carbonyl (C=O) groups is 6. The minimum Gasteiger partial charge on any atom is -0.481 e. The summed E-state index contributed by atoms with van der Waals surface area (Å²) in [5.41, 5.74) is -5.09. The van der Waals surface area contributed by atoms with Crippen LogP contribution in [0.1, 0.15) is 48.1 Å². The van der Waals surface area contributed by atoms with E-state index in [1.54, 1.807) is 0 Å². The first-order chi connectivity index (χ1) is 25.0. The molecular weight excluding hydrogens is 734 g/mol. The van der Waals surface area contributed by atoms with Crippen LogP contribution in [0.5, 0.6) is 0 Å². The van der Waals surface area contributed by atoms with Crippen molar-refractivity contribution >= 4 is 47.5 Å². The molecule has 14 nitrogen and oxygen atoms in total. The number of aliphatic carboxylic acids is 2. The van der Waals surface area contributed by atoms with Crippen molar-refractivity contribution in [1.82, 2.24) is 9.80 Å². The summed E-state index contributed by atoms with van der Waals surface area (Å²) in [6.07, 6.45) is -10.6. The van der Waals surface area contributed by atoms with Crippen molar-refractivity contribution in [2.45, 2.75) is 56.4 Å². The van der Waals surface area contributed by atoms with E-state index in [1.165, 1.54) is 42.5 Å². The number of alkyl halides is 6. The van der Waals surface area contributed by atoms with Crippen LogP contribution in [0.3, 0.4) is 0 Å². The minimum absolute atomic E-state index is 0.149. The zero-order chi connectivity index (χ0) is 40.6. The molecule has 0 radical (unpaired) electrons. The maximum Gasteiger partial charge on any atom is 0.416 e. The number of hydrazone groups is 1. The molecule has 0 saturated carbocycles. The van der Waals surface area contributed by atoms with Gasteiger partial charge in [0, 0.05) is 12.2 Å². The monoisotopic (exact) mass is 764 g/mol. The van der Waals surface area contributed by atoms with Gasteiger partial charge in [0.05, 0.1) is 29.8 Å². The number of imide groups is 1. The van der Waals surface area contributed by atoms with Crippen molar-refractivity contribution in [1.29, 1.82) is 0 Å². The van der Waals surface area contributed by atoms with E-state index < -0.39 is 101 Å². The van der Waals surface area contributed by atoms with Gasteiger partial charge in [-0.1, -0.05) is 42.5 Å². The van der Waals surface area contributed by atoms with Crippen LogP contribution in [0.25, 0.3) is 0 Å². The number of amides is 4. The summed E-state index contributed by atoms with van der Waals surface area (Å²) in [4.78, 5) is 82.8. The third-order valence-corrected chi connectivity index (χ3v) is 8.65. The highest BCUT2D eigenvalue weighted by Crippen LogP contribution is 2.45. The number of para-hydroxylation sites is 1. The Balaban J connectivity index is 2.08. The Bertz CT molecular complexity index is 1980. The molecule has 3 aromatic carbocycles. The fraction of sp³-hybridized carbons (Fsp3) is 0.265. The molecule has 4 amide bonds. The van der Waals surface area contributed by atoms with E-state index in [0.29, 0.717) is 17.4 Å². The van der Waals surface area contributed by atoms with Gasteiger partial charge in [0.1, 0.15) is 5.54 Å². The van der Waals surface area contributed by atoms with E-state index >= 15 is 0 Å². The number of hydrogen-bond donors (Lipinski definition) is 4. The average Bonchev–Trinajstić information content (AvgIpc) is 3.27. The van der Waals surface area contributed by atoms with Crippen LogP contribution in [0.4, 0.5) is 36.8 Å². The Morgan fingerprint density at radius 2 is 1.44 bits per heavy atom. The van der Waals surface area contributed by atoms with Gasteiger partial charge in [-0.3, -0.25) is 24.1 Å². The highest BCUT2D eigenvalue weighted by Gasteiger charge is 2.69. The van der Waals surface area contributed by atoms with Gasteiger partial charge in [0.15, 0.2) is 5.78 Å². The van der Waals surface area contributed by atoms with Crippen molar-refractivity contribution in [2.75, 3.05) is 4.90 Å². The summed E-state index contributed by atoms with van der Waals surface area (Å²) in [6.45, 7) is 0.362. The highest BCUT2D eigenvalue weighted by atomic mass is 19.4. The normalized spacial score (nSPS) is 18.1. The Morgan fingerprint density at radius 1 is 0.907 bits per heavy atom. The Morgan fingerprint density at radius 3 is 1.89 bits per heavy atom. The number of urea groups is 1. The highest BCUT2D eigenvalue weighted by molar-refractivity contribution is 6.24. The SMILES string of the molecule is CC(=O)[C@@](C(=O)O)(N1C(=O)N(Cc2cc(C(F)(F)F)cc(C(F)(F)F)c2)[C@](C)(c2ccc(C=NN)cc2)C1=O)N(C(=O)[C@@H](N)CC(=O)O)c1ccccc1. The molecule has 3 atom stereocenters. The molecule has 0 aliphatic carbocycles. The minimum atomic E-state index is -5.32. The Hall–Kier alpha value is -6.31. The first kappa shape index (κ1) is 40.5. The summed E-state index contributed by atoms with van der Waals surface area (Å²) < 4.78 is 83.1. The molecule has 20 heteroatoms. The summed E-state index contributed by atoms with van der Waals surface area (Å²) in [7, 11) is 0. The number of Topliss-reactive ketones (excluding diaryl/α,β-unsaturated/α-hetero) is 1. The Kier molecular flexibility index (Phi) is 10.9. The van der Waals surface area contributed by atoms with Gasteiger partial charge < -0.3 is 26.7 Å². The van der Waals surface area contributed by atoms with Crippen molar-refractivity contribution in [3.8, 4) is 0 Å². The van der Waals surface area contributed by atoms with Crippen LogP contribution >= 0.6 is 0 Å². The first-order valence-corrected chi connectivity index (χ1v) is 15.4. The molecule has 6 N–H and O–H groups in total. The van der Waals surface area contributed by atoms with Crippen LogP contribution in [-0.2, 0) is 48.4 Å². The van der Waals surface area contributed by atoms with E-state index in [1.807, 2.05) is 0 Å². The van der Waals surface area contributed by atoms with E-state index in [2.05, 4.69) is 5.10 Å². The quantitative estimate of drug-likeness (QED) is 0.0521. The molecular formula is C34H30F6N6O8. The molecule has 1 saturated heterocycles. The van der Waals surface area contributed by atoms with Gasteiger partial charge in [-0.2, -0.15) is 31.4 Å². The second-order valence-corrected chi connectivity index (χ2v) is 12.1. The third-order valence-electron chi connectivity index (χ3n) is 8.65. The van der Waals surface area contributed by atoms with E-state index in [9.17, 15) is 65.3 Å². The predicted molar refractivity (Wildman–Crippen MR) is 175 cm³/mol. The van der Waals surface area contributed by atoms with Gasteiger partial charge in [-0.05, 0) is 60.9 Å². The molecule has 1 heterocycles. The lowest BCUT2D eigenvalue weighted by Crippen LogP contribution is -2.74. The van der Waals surface area contributed by atoms with E-state index in [0.717, 1.165) is 25.3 Å². The molecule has 0 aromatic heterocycles. The fourth-order valence-electron chi connectivity index (χ4n) is 6.04. The second kappa shape index (κ2) is 14.6. The number of carbonyl (C=O) groups excluding carboxylic acids is 4. The van der Waals surface area contributed by atoms with Crippen LogP contribution in [0.2, 0.25) is 0 Å². The van der Waals surface area contributed by atoms with Crippen molar-refractivity contribution in [3.05, 3.63) is 101 Å². The maximum atomic E-state index is 14.8. The lowest BCUT2D eigenvalue weighted by molar-refractivity contribution is -0.162. The summed E-state index contributed by atoms with van der Waals surface area (Å²) in [5.74, 6) is -3.52. The molecule has 1 aliphatic heterocycles. The number of nitrogens with two attached hydrogens (primary N) is 2. The van der Waals surface area contributed by atoms with Gasteiger partial charge in [-0.25, -0.2) is 14.5 Å². The molecule has 1 fully saturated rings. The number of benzene rings is 3. The predicted octanol–water partition coefficient (Wildman–Crippen LogP) is 3.90. The maximum absolute atomic E-state index is 14.8. The molecule has 0 bridgehead atoms. The van der Waals surface area contributed by atoms with Crippen LogP contribution < -0.4 is 16.5 Å². The molecule has 3 aromatic rings. The largest absolute Gasteiger partial charge is 0.481 e. The van der Waals surface area contributed by atoms with E-state index in [4.69, 9.17) is 11.6 Å². The lowest BCUT2D eigenvalue weighted by Gasteiger charge is -2.43. The third kappa shape index (κ3) is 7.19. The molecule has 4 rings (SSSR count). The molecule has 286 valence electrons. The second-order valence-electron chi connectivity index (χ2n) is 12.1. The van der Waals surface area contributed by atoms with Crippen molar-refractivity contribution < 1.29 is 65.3 Å². The van der Waals surface area contributed by atoms with Gasteiger partial charge in [0.25, 0.3) is 11.6 Å². The van der Waals surface area contributed by atoms with Crippen LogP contribution in [-0.4, -0.2) is 73.5 Å². The number of halogens is 6. The molecule has 1 aliphatic rings. The number of carboxylic acid groups (broad SMARTS) is 2. The number of carboxylic acids is 2. The number of hydrogen-bond acceptors (Lipinski definition) is 9. The van der Waals surface area contributed by atoms with Crippen molar-refractivity contribution in [2.24, 2.45) is 16.7 Å². The summed E-state index contributed by atoms with van der Waals surface area (Å²) in [6, 6.07) is 7.65. The van der Waals surface area contributed by atoms with Crippen LogP contribution in [0.15, 0.2) is 77.9 Å². The molecule has 54 heavy (non-hydrogen) atoms. The number of ketones is 1.